The molecule has 0 aliphatic heterocycles. The lowest BCUT2D eigenvalue weighted by molar-refractivity contribution is -0.116. The van der Waals surface area contributed by atoms with Crippen molar-refractivity contribution >= 4 is 58.5 Å². The van der Waals surface area contributed by atoms with Gasteiger partial charge in [0.2, 0.25) is 5.91 Å². The minimum atomic E-state index is -0.680. The number of aryl methyl sites for hydroxylation is 1. The van der Waals surface area contributed by atoms with Crippen LogP contribution in [0, 0.1) is 6.92 Å². The third-order valence-electron chi connectivity index (χ3n) is 7.99. The van der Waals surface area contributed by atoms with Gasteiger partial charge in [0.1, 0.15) is 22.4 Å². The third-order valence-corrected chi connectivity index (χ3v) is 9.64. The van der Waals surface area contributed by atoms with Crippen LogP contribution in [-0.4, -0.2) is 46.2 Å². The molecular formula is C41H38ClN3O7S. The van der Waals surface area contributed by atoms with Gasteiger partial charge in [0.05, 0.1) is 34.1 Å². The highest BCUT2D eigenvalue weighted by atomic mass is 35.5. The van der Waals surface area contributed by atoms with E-state index < -0.39 is 17.1 Å². The highest BCUT2D eigenvalue weighted by Gasteiger charge is 2.24. The zero-order chi connectivity index (χ0) is 37.9. The molecule has 0 bridgehead atoms. The number of anilines is 2. The Morgan fingerprint density at radius 3 is 2.00 bits per heavy atom. The molecule has 0 saturated carbocycles. The van der Waals surface area contributed by atoms with Gasteiger partial charge in [-0.1, -0.05) is 66.2 Å². The van der Waals surface area contributed by atoms with Crippen molar-refractivity contribution in [2.75, 3.05) is 39.1 Å². The lowest BCUT2D eigenvalue weighted by Gasteiger charge is -2.19. The molecule has 0 aliphatic carbocycles. The van der Waals surface area contributed by atoms with Crippen molar-refractivity contribution < 1.29 is 33.3 Å². The first kappa shape index (κ1) is 38.3. The Kier molecular flexibility index (Phi) is 13.0. The number of nitrogens with one attached hydrogen (secondary N) is 3. The highest BCUT2D eigenvalue weighted by molar-refractivity contribution is 8.00. The Hall–Kier alpha value is -5.91. The second kappa shape index (κ2) is 18.0. The van der Waals surface area contributed by atoms with Gasteiger partial charge in [0.25, 0.3) is 11.8 Å². The maximum Gasteiger partial charge on any atom is 0.272 e. The molecule has 0 aromatic heterocycles. The Morgan fingerprint density at radius 1 is 0.698 bits per heavy atom. The van der Waals surface area contributed by atoms with Gasteiger partial charge in [-0.3, -0.25) is 14.4 Å². The number of rotatable bonds is 14. The lowest BCUT2D eigenvalue weighted by Crippen LogP contribution is -2.30. The fraction of sp³-hybridized carbons (Fsp3) is 0.146. The summed E-state index contributed by atoms with van der Waals surface area (Å²) < 4.78 is 21.9. The van der Waals surface area contributed by atoms with Gasteiger partial charge in [-0.25, -0.2) is 0 Å². The van der Waals surface area contributed by atoms with Crippen LogP contribution in [-0.2, 0) is 9.59 Å². The summed E-state index contributed by atoms with van der Waals surface area (Å²) in [5.74, 6) is 0.283. The van der Waals surface area contributed by atoms with Crippen molar-refractivity contribution in [3.05, 3.63) is 142 Å². The molecule has 0 radical (unpaired) electrons. The number of methoxy groups -OCH3 is 4. The molecule has 3 amide bonds. The SMILES string of the molecule is COc1cc(OC)c(OC)cc1/C=C(/NC(=O)c1ccccc1)C(=O)Nc1cccc(SC(C(=O)Nc2cc(C)c(Cl)cc2OC)c2ccccc2)c1. The molecule has 3 N–H and O–H groups in total. The van der Waals surface area contributed by atoms with E-state index in [1.807, 2.05) is 43.3 Å². The molecule has 0 saturated heterocycles. The topological polar surface area (TPSA) is 124 Å². The fourth-order valence-electron chi connectivity index (χ4n) is 5.27. The normalized spacial score (nSPS) is 11.5. The maximum absolute atomic E-state index is 14.0. The maximum atomic E-state index is 14.0. The van der Waals surface area contributed by atoms with Crippen LogP contribution < -0.4 is 34.9 Å². The van der Waals surface area contributed by atoms with Gasteiger partial charge in [-0.2, -0.15) is 0 Å². The Balaban J connectivity index is 1.45. The molecule has 0 aliphatic rings. The van der Waals surface area contributed by atoms with Crippen LogP contribution in [0.1, 0.15) is 32.3 Å². The van der Waals surface area contributed by atoms with Crippen molar-refractivity contribution in [3.63, 3.8) is 0 Å². The van der Waals surface area contributed by atoms with Gasteiger partial charge in [0.15, 0.2) is 11.5 Å². The molecule has 0 spiro atoms. The number of hydrogen-bond donors (Lipinski definition) is 3. The standard InChI is InChI=1S/C41H38ClN3O7S/c1-25-19-32(35(50-3)23-31(25)42)44-41(48)38(26-13-8-6-9-14-26)53-30-18-12-17-29(22-30)43-40(47)33(45-39(46)27-15-10-7-11-16-27)20-28-21-36(51-4)37(52-5)24-34(28)49-2/h6-24,38H,1-5H3,(H,43,47)(H,44,48)(H,45,46)/b33-20+. The largest absolute Gasteiger partial charge is 0.496 e. The number of amides is 3. The first-order valence-electron chi connectivity index (χ1n) is 16.3. The van der Waals surface area contributed by atoms with E-state index in [0.29, 0.717) is 55.4 Å². The van der Waals surface area contributed by atoms with Crippen LogP contribution in [0.25, 0.3) is 6.08 Å². The highest BCUT2D eigenvalue weighted by Crippen LogP contribution is 2.39. The molecule has 0 fully saturated rings. The van der Waals surface area contributed by atoms with Crippen molar-refractivity contribution in [2.24, 2.45) is 0 Å². The minimum absolute atomic E-state index is 0.0591. The molecule has 272 valence electrons. The van der Waals surface area contributed by atoms with Crippen LogP contribution in [0.15, 0.2) is 120 Å². The van der Waals surface area contributed by atoms with E-state index in [1.54, 1.807) is 72.8 Å². The number of halogens is 1. The second-order valence-corrected chi connectivity index (χ2v) is 13.1. The second-order valence-electron chi connectivity index (χ2n) is 11.5. The minimum Gasteiger partial charge on any atom is -0.496 e. The Labute approximate surface area is 317 Å². The molecule has 5 aromatic rings. The number of ether oxygens (including phenoxy) is 4. The summed E-state index contributed by atoms with van der Waals surface area (Å²) in [7, 11) is 6.00. The van der Waals surface area contributed by atoms with Crippen LogP contribution in [0.3, 0.4) is 0 Å². The van der Waals surface area contributed by atoms with Gasteiger partial charge in [-0.05, 0) is 66.6 Å². The van der Waals surface area contributed by atoms with Crippen LogP contribution in [0.2, 0.25) is 5.02 Å². The molecule has 5 rings (SSSR count). The van der Waals surface area contributed by atoms with Crippen molar-refractivity contribution in [2.45, 2.75) is 17.1 Å². The van der Waals surface area contributed by atoms with E-state index in [9.17, 15) is 14.4 Å². The average molecular weight is 752 g/mol. The van der Waals surface area contributed by atoms with Crippen molar-refractivity contribution in [3.8, 4) is 23.0 Å². The predicted molar refractivity (Wildman–Crippen MR) is 209 cm³/mol. The Morgan fingerprint density at radius 2 is 1.34 bits per heavy atom. The van der Waals surface area contributed by atoms with E-state index in [4.69, 9.17) is 30.5 Å². The molecule has 1 unspecified atom stereocenters. The van der Waals surface area contributed by atoms with E-state index in [-0.39, 0.29) is 11.6 Å². The van der Waals surface area contributed by atoms with E-state index in [0.717, 1.165) is 11.1 Å². The van der Waals surface area contributed by atoms with Crippen molar-refractivity contribution in [1.82, 2.24) is 5.32 Å². The molecule has 5 aromatic carbocycles. The molecular weight excluding hydrogens is 714 g/mol. The fourth-order valence-corrected chi connectivity index (χ4v) is 6.51. The Bertz CT molecular complexity index is 2130. The quantitative estimate of drug-likeness (QED) is 0.0762. The van der Waals surface area contributed by atoms with Crippen LogP contribution in [0.5, 0.6) is 23.0 Å². The van der Waals surface area contributed by atoms with Gasteiger partial charge in [-0.15, -0.1) is 11.8 Å². The average Bonchev–Trinajstić information content (AvgIpc) is 3.18. The smallest absolute Gasteiger partial charge is 0.272 e. The molecule has 12 heteroatoms. The zero-order valence-electron chi connectivity index (χ0n) is 29.7. The monoisotopic (exact) mass is 751 g/mol. The molecule has 0 heterocycles. The van der Waals surface area contributed by atoms with E-state index in [2.05, 4.69) is 16.0 Å². The van der Waals surface area contributed by atoms with E-state index in [1.165, 1.54) is 46.3 Å². The number of hydrogen-bond acceptors (Lipinski definition) is 8. The summed E-state index contributed by atoms with van der Waals surface area (Å²) in [6.07, 6.45) is 1.50. The summed E-state index contributed by atoms with van der Waals surface area (Å²) in [6.45, 7) is 1.85. The first-order valence-corrected chi connectivity index (χ1v) is 17.6. The summed E-state index contributed by atoms with van der Waals surface area (Å²) in [5, 5.41) is 8.49. The van der Waals surface area contributed by atoms with Gasteiger partial charge < -0.3 is 34.9 Å². The molecule has 10 nitrogen and oxygen atoms in total. The third kappa shape index (κ3) is 9.70. The number of benzene rings is 5. The van der Waals surface area contributed by atoms with Crippen LogP contribution in [0.4, 0.5) is 11.4 Å². The summed E-state index contributed by atoms with van der Waals surface area (Å²) >= 11 is 7.61. The van der Waals surface area contributed by atoms with E-state index >= 15 is 0 Å². The predicted octanol–water partition coefficient (Wildman–Crippen LogP) is 8.56. The zero-order valence-corrected chi connectivity index (χ0v) is 31.3. The summed E-state index contributed by atoms with van der Waals surface area (Å²) in [4.78, 5) is 41.9. The number of carbonyl (C=O) groups excluding carboxylic acids is 3. The number of thioether (sulfide) groups is 1. The van der Waals surface area contributed by atoms with Crippen molar-refractivity contribution in [1.29, 1.82) is 0 Å². The molecule has 1 atom stereocenters. The summed E-state index contributed by atoms with van der Waals surface area (Å²) in [5.41, 5.74) is 3.24. The van der Waals surface area contributed by atoms with Gasteiger partial charge >= 0.3 is 0 Å². The summed E-state index contributed by atoms with van der Waals surface area (Å²) in [6, 6.07) is 31.7. The number of carbonyl (C=O) groups is 3. The lowest BCUT2D eigenvalue weighted by atomic mass is 10.1. The van der Waals surface area contributed by atoms with Crippen LogP contribution >= 0.6 is 23.4 Å². The van der Waals surface area contributed by atoms with Gasteiger partial charge in [0, 0.05) is 38.9 Å². The molecule has 53 heavy (non-hydrogen) atoms. The first-order chi connectivity index (χ1) is 25.6.